The third-order valence-electron chi connectivity index (χ3n) is 4.15. The Bertz CT molecular complexity index is 603. The molecular weight excluding hydrogens is 238 g/mol. The van der Waals surface area contributed by atoms with E-state index in [2.05, 4.69) is 4.98 Å². The molecule has 0 amide bonds. The molecule has 1 aliphatic carbocycles. The number of hydrogen-bond acceptors (Lipinski definition) is 2. The fraction of sp³-hybridized carbons (Fsp3) is 0.375. The van der Waals surface area contributed by atoms with Gasteiger partial charge in [-0.25, -0.2) is 0 Å². The van der Waals surface area contributed by atoms with Crippen molar-refractivity contribution in [3.63, 3.8) is 0 Å². The van der Waals surface area contributed by atoms with Crippen LogP contribution in [0, 0.1) is 5.92 Å². The highest BCUT2D eigenvalue weighted by atomic mass is 16.4. The van der Waals surface area contributed by atoms with Crippen molar-refractivity contribution >= 4 is 16.9 Å². The molecule has 2 aromatic rings. The summed E-state index contributed by atoms with van der Waals surface area (Å²) in [4.78, 5) is 15.9. The predicted molar refractivity (Wildman–Crippen MR) is 74.1 cm³/mol. The van der Waals surface area contributed by atoms with Gasteiger partial charge < -0.3 is 5.11 Å². The maximum absolute atomic E-state index is 11.5. The van der Waals surface area contributed by atoms with Gasteiger partial charge in [0.15, 0.2) is 0 Å². The van der Waals surface area contributed by atoms with Gasteiger partial charge in [0.1, 0.15) is 0 Å². The number of aromatic nitrogens is 1. The van der Waals surface area contributed by atoms with Crippen LogP contribution in [0.1, 0.15) is 37.2 Å². The third kappa shape index (κ3) is 2.21. The highest BCUT2D eigenvalue weighted by Crippen LogP contribution is 2.40. The summed E-state index contributed by atoms with van der Waals surface area (Å²) < 4.78 is 0. The van der Waals surface area contributed by atoms with Crippen LogP contribution in [0.25, 0.3) is 10.9 Å². The molecule has 1 N–H and O–H groups in total. The van der Waals surface area contributed by atoms with Crippen LogP contribution in [0.3, 0.4) is 0 Å². The Morgan fingerprint density at radius 2 is 1.95 bits per heavy atom. The molecule has 0 radical (unpaired) electrons. The van der Waals surface area contributed by atoms with Gasteiger partial charge in [-0.15, -0.1) is 0 Å². The van der Waals surface area contributed by atoms with E-state index >= 15 is 0 Å². The van der Waals surface area contributed by atoms with Crippen LogP contribution >= 0.6 is 0 Å². The fourth-order valence-corrected chi connectivity index (χ4v) is 3.23. The first-order valence-corrected chi connectivity index (χ1v) is 6.84. The highest BCUT2D eigenvalue weighted by Gasteiger charge is 2.32. The van der Waals surface area contributed by atoms with Gasteiger partial charge in [0.05, 0.1) is 11.4 Å². The second-order valence-corrected chi connectivity index (χ2v) is 5.26. The number of pyridine rings is 1. The van der Waals surface area contributed by atoms with Crippen LogP contribution in [-0.2, 0) is 4.79 Å². The normalized spacial score (nSPS) is 23.4. The number of carboxylic acid groups (broad SMARTS) is 1. The summed E-state index contributed by atoms with van der Waals surface area (Å²) in [7, 11) is 0. The maximum Gasteiger partial charge on any atom is 0.307 e. The first-order chi connectivity index (χ1) is 9.27. The Kier molecular flexibility index (Phi) is 3.20. The van der Waals surface area contributed by atoms with Gasteiger partial charge in [0, 0.05) is 11.6 Å². The van der Waals surface area contributed by atoms with E-state index in [4.69, 9.17) is 0 Å². The maximum atomic E-state index is 11.5. The second kappa shape index (κ2) is 5.00. The number of carbonyl (C=O) groups is 1. The van der Waals surface area contributed by atoms with Gasteiger partial charge in [0.25, 0.3) is 0 Å². The number of carboxylic acids is 1. The summed E-state index contributed by atoms with van der Waals surface area (Å²) in [6.45, 7) is 0. The van der Waals surface area contributed by atoms with E-state index in [1.54, 1.807) is 6.20 Å². The molecule has 1 aromatic carbocycles. The second-order valence-electron chi connectivity index (χ2n) is 5.26. The van der Waals surface area contributed by atoms with E-state index in [9.17, 15) is 9.90 Å². The standard InChI is InChI=1S/C16H17NO2/c18-16(19)14-8-2-1-7-12(14)13-9-3-5-11-6-4-10-17-15(11)13/h3-6,9-10,12,14H,1-2,7-8H2,(H,18,19). The lowest BCUT2D eigenvalue weighted by atomic mass is 9.75. The molecule has 3 heteroatoms. The van der Waals surface area contributed by atoms with Crippen LogP contribution in [0.2, 0.25) is 0 Å². The minimum absolute atomic E-state index is 0.102. The van der Waals surface area contributed by atoms with Crippen LogP contribution in [0.15, 0.2) is 36.5 Å². The molecule has 0 bridgehead atoms. The predicted octanol–water partition coefficient (Wildman–Crippen LogP) is 3.59. The largest absolute Gasteiger partial charge is 0.481 e. The Balaban J connectivity index is 2.09. The lowest BCUT2D eigenvalue weighted by Gasteiger charge is -2.29. The molecule has 2 atom stereocenters. The Hall–Kier alpha value is -1.90. The monoisotopic (exact) mass is 255 g/mol. The molecule has 0 spiro atoms. The summed E-state index contributed by atoms with van der Waals surface area (Å²) >= 11 is 0. The fourth-order valence-electron chi connectivity index (χ4n) is 3.23. The smallest absolute Gasteiger partial charge is 0.307 e. The van der Waals surface area contributed by atoms with Crippen LogP contribution in [0.4, 0.5) is 0 Å². The zero-order valence-electron chi connectivity index (χ0n) is 10.7. The molecule has 1 aliphatic rings. The molecule has 1 fully saturated rings. The van der Waals surface area contributed by atoms with E-state index in [0.29, 0.717) is 0 Å². The van der Waals surface area contributed by atoms with Crippen molar-refractivity contribution in [1.82, 2.24) is 4.98 Å². The van der Waals surface area contributed by atoms with Gasteiger partial charge in [-0.05, 0) is 30.4 Å². The van der Waals surface area contributed by atoms with E-state index < -0.39 is 5.97 Å². The summed E-state index contributed by atoms with van der Waals surface area (Å²) in [5, 5.41) is 10.5. The third-order valence-corrected chi connectivity index (χ3v) is 4.15. The topological polar surface area (TPSA) is 50.2 Å². The average molecular weight is 255 g/mol. The molecule has 3 nitrogen and oxygen atoms in total. The number of nitrogens with zero attached hydrogens (tertiary/aromatic N) is 1. The van der Waals surface area contributed by atoms with E-state index in [-0.39, 0.29) is 11.8 Å². The van der Waals surface area contributed by atoms with Crippen molar-refractivity contribution in [2.75, 3.05) is 0 Å². The zero-order valence-corrected chi connectivity index (χ0v) is 10.7. The van der Waals surface area contributed by atoms with E-state index in [0.717, 1.165) is 42.1 Å². The summed E-state index contributed by atoms with van der Waals surface area (Å²) in [6.07, 6.45) is 5.64. The summed E-state index contributed by atoms with van der Waals surface area (Å²) in [5.74, 6) is -0.830. The number of hydrogen-bond donors (Lipinski definition) is 1. The number of benzene rings is 1. The molecule has 1 saturated carbocycles. The molecule has 0 saturated heterocycles. The number of aliphatic carboxylic acids is 1. The Labute approximate surface area is 112 Å². The van der Waals surface area contributed by atoms with Crippen molar-refractivity contribution in [3.8, 4) is 0 Å². The summed E-state index contributed by atoms with van der Waals surface area (Å²) in [6, 6.07) is 10.0. The van der Waals surface area contributed by atoms with Crippen LogP contribution in [-0.4, -0.2) is 16.1 Å². The molecule has 1 heterocycles. The lowest BCUT2D eigenvalue weighted by Crippen LogP contribution is -2.25. The summed E-state index contributed by atoms with van der Waals surface area (Å²) in [5.41, 5.74) is 2.06. The van der Waals surface area contributed by atoms with Crippen molar-refractivity contribution in [2.45, 2.75) is 31.6 Å². The first kappa shape index (κ1) is 12.2. The average Bonchev–Trinajstić information content (AvgIpc) is 2.46. The molecule has 2 unspecified atom stereocenters. The van der Waals surface area contributed by atoms with Gasteiger partial charge in [-0.3, -0.25) is 9.78 Å². The van der Waals surface area contributed by atoms with Crippen molar-refractivity contribution < 1.29 is 9.90 Å². The minimum Gasteiger partial charge on any atom is -0.481 e. The molecule has 19 heavy (non-hydrogen) atoms. The van der Waals surface area contributed by atoms with E-state index in [1.807, 2.05) is 30.3 Å². The molecule has 3 rings (SSSR count). The zero-order chi connectivity index (χ0) is 13.2. The van der Waals surface area contributed by atoms with Gasteiger partial charge >= 0.3 is 5.97 Å². The number of rotatable bonds is 2. The minimum atomic E-state index is -0.669. The Morgan fingerprint density at radius 3 is 2.79 bits per heavy atom. The highest BCUT2D eigenvalue weighted by molar-refractivity contribution is 5.83. The molecule has 0 aliphatic heterocycles. The van der Waals surface area contributed by atoms with Crippen LogP contribution in [0.5, 0.6) is 0 Å². The molecule has 1 aromatic heterocycles. The number of fused-ring (bicyclic) bond motifs is 1. The quantitative estimate of drug-likeness (QED) is 0.892. The lowest BCUT2D eigenvalue weighted by molar-refractivity contribution is -0.143. The van der Waals surface area contributed by atoms with Gasteiger partial charge in [-0.2, -0.15) is 0 Å². The Morgan fingerprint density at radius 1 is 1.16 bits per heavy atom. The first-order valence-electron chi connectivity index (χ1n) is 6.84. The number of para-hydroxylation sites is 1. The van der Waals surface area contributed by atoms with Gasteiger partial charge in [-0.1, -0.05) is 37.1 Å². The van der Waals surface area contributed by atoms with Crippen molar-refractivity contribution in [1.29, 1.82) is 0 Å². The molecular formula is C16H17NO2. The SMILES string of the molecule is O=C(O)C1CCCCC1c1cccc2cccnc12. The van der Waals surface area contributed by atoms with Crippen molar-refractivity contribution in [3.05, 3.63) is 42.1 Å². The van der Waals surface area contributed by atoms with Crippen LogP contribution < -0.4 is 0 Å². The van der Waals surface area contributed by atoms with Crippen molar-refractivity contribution in [2.24, 2.45) is 5.92 Å². The van der Waals surface area contributed by atoms with Gasteiger partial charge in [0.2, 0.25) is 0 Å². The van der Waals surface area contributed by atoms with E-state index in [1.165, 1.54) is 0 Å². The molecule has 98 valence electrons.